The molecule has 5 heteroatoms. The third kappa shape index (κ3) is 21.0. The van der Waals surface area contributed by atoms with Crippen LogP contribution in [0.25, 0.3) is 112 Å². The molecular formula is C112H120N5+5. The maximum absolute atomic E-state index is 2.35. The van der Waals surface area contributed by atoms with E-state index in [4.69, 9.17) is 0 Å². The van der Waals surface area contributed by atoms with Crippen LogP contribution in [0, 0.1) is 41.5 Å². The Balaban J connectivity index is 0.000000127. The van der Waals surface area contributed by atoms with E-state index >= 15 is 0 Å². The number of pyridine rings is 5. The summed E-state index contributed by atoms with van der Waals surface area (Å²) >= 11 is 0. The average Bonchev–Trinajstić information content (AvgIpc) is 1.35. The van der Waals surface area contributed by atoms with Crippen LogP contribution in [0.1, 0.15) is 152 Å². The van der Waals surface area contributed by atoms with Crippen LogP contribution in [0.5, 0.6) is 0 Å². The van der Waals surface area contributed by atoms with Gasteiger partial charge in [0.2, 0.25) is 28.5 Å². The fourth-order valence-corrected chi connectivity index (χ4v) is 16.8. The molecule has 5 aromatic heterocycles. The molecule has 0 N–H and O–H groups in total. The summed E-state index contributed by atoms with van der Waals surface area (Å²) in [7, 11) is 10.6. The number of hydrogen-bond acceptors (Lipinski definition) is 0. The van der Waals surface area contributed by atoms with Crippen molar-refractivity contribution in [2.75, 3.05) is 0 Å². The first-order valence-corrected chi connectivity index (χ1v) is 42.6. The van der Waals surface area contributed by atoms with E-state index in [-0.39, 0.29) is 0 Å². The Labute approximate surface area is 699 Å². The third-order valence-corrected chi connectivity index (χ3v) is 24.2. The van der Waals surface area contributed by atoms with Crippen LogP contribution in [-0.4, -0.2) is 0 Å². The number of rotatable bonds is 14. The molecule has 0 bridgehead atoms. The van der Waals surface area contributed by atoms with E-state index in [0.29, 0.717) is 5.92 Å². The lowest BCUT2D eigenvalue weighted by atomic mass is 9.84. The van der Waals surface area contributed by atoms with E-state index < -0.39 is 0 Å². The highest BCUT2D eigenvalue weighted by Crippen LogP contribution is 2.38. The Kier molecular flexibility index (Phi) is 28.0. The Morgan fingerprint density at radius 3 is 0.838 bits per heavy atom. The fourth-order valence-electron chi connectivity index (χ4n) is 16.8. The molecule has 10 aromatic carbocycles. The van der Waals surface area contributed by atoms with Crippen LogP contribution in [0.4, 0.5) is 0 Å². The smallest absolute Gasteiger partial charge is 0.201 e. The Bertz CT molecular complexity index is 5850. The zero-order valence-corrected chi connectivity index (χ0v) is 71.8. The lowest BCUT2D eigenvalue weighted by Gasteiger charge is -2.22. The number of benzene rings is 10. The van der Waals surface area contributed by atoms with Gasteiger partial charge in [-0.15, -0.1) is 0 Å². The summed E-state index contributed by atoms with van der Waals surface area (Å²) < 4.78 is 11.0. The molecule has 2 fully saturated rings. The topological polar surface area (TPSA) is 19.4 Å². The van der Waals surface area contributed by atoms with Gasteiger partial charge in [0.25, 0.3) is 0 Å². The zero-order valence-electron chi connectivity index (χ0n) is 71.8. The molecule has 2 saturated carbocycles. The van der Waals surface area contributed by atoms with Crippen LogP contribution in [0.2, 0.25) is 0 Å². The van der Waals surface area contributed by atoms with E-state index in [1.165, 1.54) is 225 Å². The molecule has 5 heterocycles. The van der Waals surface area contributed by atoms with Crippen molar-refractivity contribution in [1.29, 1.82) is 0 Å². The highest BCUT2D eigenvalue weighted by Gasteiger charge is 2.23. The standard InChI is InChI=1S/C25H28N.C24H26N.C22H24N.C21H22N.C20H20N/c1-19-8-6-7-11-24(19)25-18-23(16-17-26(25)2)22-14-12-21(13-15-22)20-9-4-3-5-10-20;1-18-7-3-6-10-23(18)24-17-22(15-16-25(24)2)21-13-11-20(12-14-21)19-8-4-5-9-19;1-16(2)18-9-7-10-19(14-18)20-12-13-23(4)22(15-20)21-11-6-5-8-17(21)3;1-4-17-9-7-10-18(14-17)19-12-13-22(3)21(15-19)20-11-6-5-8-16(20)2;1-15-7-6-9-17(13-15)18-11-12-21(3)20(14-18)19-10-5-4-8-16(19)2/h6-8,11-18,20H,3-5,9-10H2,1-2H3;3,6-7,10-17,19H,4-5,8-9H2,1-2H3;5-16H,1-4H3;5-15H,4H2,1-3H3;4-14H,1-3H3/q5*+1. The number of aromatic nitrogens is 5. The van der Waals surface area contributed by atoms with Gasteiger partial charge < -0.3 is 0 Å². The minimum Gasteiger partial charge on any atom is -0.201 e. The first-order chi connectivity index (χ1) is 56.8. The van der Waals surface area contributed by atoms with Gasteiger partial charge in [0.05, 0.1) is 0 Å². The van der Waals surface area contributed by atoms with Crippen molar-refractivity contribution < 1.29 is 22.8 Å². The minimum atomic E-state index is 0.547. The van der Waals surface area contributed by atoms with Crippen molar-refractivity contribution in [3.05, 3.63) is 390 Å². The van der Waals surface area contributed by atoms with Gasteiger partial charge in [-0.3, -0.25) is 0 Å². The molecule has 117 heavy (non-hydrogen) atoms. The lowest BCUT2D eigenvalue weighted by molar-refractivity contribution is -0.660. The Hall–Kier alpha value is -12.1. The minimum absolute atomic E-state index is 0.547. The summed E-state index contributed by atoms with van der Waals surface area (Å²) in [5.74, 6) is 2.10. The molecule has 0 radical (unpaired) electrons. The van der Waals surface area contributed by atoms with Gasteiger partial charge in [-0.25, -0.2) is 22.8 Å². The Morgan fingerprint density at radius 1 is 0.256 bits per heavy atom. The van der Waals surface area contributed by atoms with Crippen LogP contribution in [-0.2, 0) is 41.7 Å². The molecule has 15 aromatic rings. The van der Waals surface area contributed by atoms with E-state index in [1.807, 2.05) is 0 Å². The SMILES string of the molecule is CCc1cccc(-c2cc[n+](C)c(-c3ccccc3C)c2)c1.Cc1cccc(-c2cc[n+](C)c(-c3ccccc3C)c2)c1.Cc1ccccc1-c1cc(-c2ccc(C3CCCC3)cc2)cc[n+]1C.Cc1ccccc1-c1cc(-c2ccc(C3CCCCC3)cc2)cc[n+]1C.Cc1ccccc1-c1cc(-c2cccc(C(C)C)c2)cc[n+]1C. The van der Waals surface area contributed by atoms with Crippen molar-refractivity contribution in [1.82, 2.24) is 0 Å². The molecule has 5 nitrogen and oxygen atoms in total. The van der Waals surface area contributed by atoms with Gasteiger partial charge in [-0.05, 0) is 227 Å². The van der Waals surface area contributed by atoms with Gasteiger partial charge in [-0.1, -0.05) is 271 Å². The highest BCUT2D eigenvalue weighted by atomic mass is 14.9. The van der Waals surface area contributed by atoms with Gasteiger partial charge in [0.15, 0.2) is 31.0 Å². The molecule has 17 rings (SSSR count). The second-order valence-electron chi connectivity index (χ2n) is 32.9. The molecule has 0 aliphatic heterocycles. The van der Waals surface area contributed by atoms with Crippen molar-refractivity contribution in [2.45, 2.75) is 144 Å². The first kappa shape index (κ1) is 82.9. The van der Waals surface area contributed by atoms with Crippen molar-refractivity contribution in [3.8, 4) is 112 Å². The summed E-state index contributed by atoms with van der Waals surface area (Å²) in [6.07, 6.45) is 24.3. The largest absolute Gasteiger partial charge is 0.213 e. The predicted octanol–water partition coefficient (Wildman–Crippen LogP) is 26.5. The third-order valence-electron chi connectivity index (χ3n) is 24.2. The maximum atomic E-state index is 2.35. The molecule has 0 spiro atoms. The molecule has 0 unspecified atom stereocenters. The second kappa shape index (κ2) is 39.5. The van der Waals surface area contributed by atoms with Crippen molar-refractivity contribution >= 4 is 0 Å². The molecule has 0 amide bonds. The monoisotopic (exact) mass is 1530 g/mol. The van der Waals surface area contributed by atoms with E-state index in [9.17, 15) is 0 Å². The molecule has 2 aliphatic rings. The van der Waals surface area contributed by atoms with E-state index in [2.05, 4.69) is 455 Å². The zero-order chi connectivity index (χ0) is 81.9. The van der Waals surface area contributed by atoms with E-state index in [0.717, 1.165) is 18.3 Å². The van der Waals surface area contributed by atoms with Crippen LogP contribution in [0.15, 0.2) is 334 Å². The van der Waals surface area contributed by atoms with Crippen LogP contribution < -0.4 is 22.8 Å². The van der Waals surface area contributed by atoms with Crippen molar-refractivity contribution in [3.63, 3.8) is 0 Å². The maximum Gasteiger partial charge on any atom is 0.213 e. The number of hydrogen-bond donors (Lipinski definition) is 0. The summed E-state index contributed by atoms with van der Waals surface area (Å²) in [4.78, 5) is 0. The molecular weight excluding hydrogens is 1420 g/mol. The summed E-state index contributed by atoms with van der Waals surface area (Å²) in [5.41, 5.74) is 39.2. The molecule has 588 valence electrons. The van der Waals surface area contributed by atoms with E-state index in [1.54, 1.807) is 0 Å². The molecule has 2 aliphatic carbocycles. The van der Waals surface area contributed by atoms with Crippen LogP contribution >= 0.6 is 0 Å². The van der Waals surface area contributed by atoms with Crippen molar-refractivity contribution in [2.24, 2.45) is 35.2 Å². The van der Waals surface area contributed by atoms with Crippen LogP contribution in [0.3, 0.4) is 0 Å². The second-order valence-corrected chi connectivity index (χ2v) is 32.9. The highest BCUT2D eigenvalue weighted by molar-refractivity contribution is 5.76. The van der Waals surface area contributed by atoms with Gasteiger partial charge in [0.1, 0.15) is 35.2 Å². The normalized spacial score (nSPS) is 12.6. The molecule has 0 saturated heterocycles. The first-order valence-electron chi connectivity index (χ1n) is 42.6. The van der Waals surface area contributed by atoms with Gasteiger partial charge >= 0.3 is 0 Å². The summed E-state index contributed by atoms with van der Waals surface area (Å²) in [6, 6.07) is 110. The number of nitrogens with zero attached hydrogens (tertiary/aromatic N) is 5. The predicted molar refractivity (Wildman–Crippen MR) is 491 cm³/mol. The summed E-state index contributed by atoms with van der Waals surface area (Å²) in [6.45, 7) is 19.7. The molecule has 0 atom stereocenters. The fraction of sp³-hybridized carbons (Fsp3) is 0.241. The average molecular weight is 1540 g/mol. The Morgan fingerprint density at radius 2 is 0.530 bits per heavy atom. The van der Waals surface area contributed by atoms with Gasteiger partial charge in [0, 0.05) is 88.5 Å². The quantitative estimate of drug-likeness (QED) is 0.0967. The number of aryl methyl sites for hydroxylation is 12. The summed E-state index contributed by atoms with van der Waals surface area (Å²) in [5, 5.41) is 0. The van der Waals surface area contributed by atoms with Gasteiger partial charge in [-0.2, -0.15) is 0 Å². The lowest BCUT2D eigenvalue weighted by Crippen LogP contribution is -2.30.